The number of guanidine groups is 1. The first-order chi connectivity index (χ1) is 12.7. The SMILES string of the molecule is CCC(CC)C(CNC(=NC)N(C)CCOCC1CC1)N1CCOCC1. The molecule has 0 radical (unpaired) electrons. The average Bonchev–Trinajstić information content (AvgIpc) is 3.50. The predicted octanol–water partition coefficient (Wildman–Crippen LogP) is 2.06. The van der Waals surface area contributed by atoms with Crippen molar-refractivity contribution in [3.05, 3.63) is 0 Å². The van der Waals surface area contributed by atoms with Gasteiger partial charge in [0.2, 0.25) is 0 Å². The monoisotopic (exact) mass is 368 g/mol. The van der Waals surface area contributed by atoms with Crippen molar-refractivity contribution in [3.63, 3.8) is 0 Å². The molecule has 1 aliphatic carbocycles. The van der Waals surface area contributed by atoms with Crippen molar-refractivity contribution in [2.24, 2.45) is 16.8 Å². The fourth-order valence-electron chi connectivity index (χ4n) is 3.76. The van der Waals surface area contributed by atoms with E-state index in [2.05, 4.69) is 41.0 Å². The summed E-state index contributed by atoms with van der Waals surface area (Å²) in [5.41, 5.74) is 0. The van der Waals surface area contributed by atoms with Gasteiger partial charge in [0.05, 0.1) is 19.8 Å². The van der Waals surface area contributed by atoms with E-state index >= 15 is 0 Å². The molecule has 152 valence electrons. The molecule has 2 aliphatic rings. The van der Waals surface area contributed by atoms with Crippen LogP contribution in [0, 0.1) is 11.8 Å². The Morgan fingerprint density at radius 1 is 1.27 bits per heavy atom. The van der Waals surface area contributed by atoms with Crippen molar-refractivity contribution in [1.82, 2.24) is 15.1 Å². The van der Waals surface area contributed by atoms with Gasteiger partial charge in [-0.3, -0.25) is 9.89 Å². The van der Waals surface area contributed by atoms with E-state index in [4.69, 9.17) is 9.47 Å². The molecule has 1 saturated heterocycles. The Morgan fingerprint density at radius 3 is 2.54 bits per heavy atom. The summed E-state index contributed by atoms with van der Waals surface area (Å²) in [7, 11) is 3.96. The maximum atomic E-state index is 5.77. The molecule has 0 aromatic rings. The number of nitrogens with one attached hydrogen (secondary N) is 1. The van der Waals surface area contributed by atoms with E-state index in [1.165, 1.54) is 25.7 Å². The molecule has 1 N–H and O–H groups in total. The lowest BCUT2D eigenvalue weighted by Gasteiger charge is -2.39. The highest BCUT2D eigenvalue weighted by atomic mass is 16.5. The number of nitrogens with zero attached hydrogens (tertiary/aromatic N) is 3. The van der Waals surface area contributed by atoms with E-state index in [0.717, 1.165) is 64.5 Å². The third kappa shape index (κ3) is 7.05. The standard InChI is InChI=1S/C20H40N4O2/c1-5-18(6-2)19(24-10-13-25-14-11-24)15-22-20(21-3)23(4)9-12-26-16-17-7-8-17/h17-19H,5-16H2,1-4H3,(H,21,22). The van der Waals surface area contributed by atoms with Crippen molar-refractivity contribution < 1.29 is 9.47 Å². The number of aliphatic imine (C=N–C) groups is 1. The van der Waals surface area contributed by atoms with E-state index in [9.17, 15) is 0 Å². The van der Waals surface area contributed by atoms with E-state index in [0.29, 0.717) is 12.0 Å². The molecule has 2 fully saturated rings. The van der Waals surface area contributed by atoms with Crippen LogP contribution in [-0.4, -0.2) is 88.5 Å². The summed E-state index contributed by atoms with van der Waals surface area (Å²) in [6.45, 7) is 11.9. The van der Waals surface area contributed by atoms with Crippen LogP contribution in [0.2, 0.25) is 0 Å². The van der Waals surface area contributed by atoms with Gasteiger partial charge in [0.1, 0.15) is 0 Å². The molecule has 6 heteroatoms. The van der Waals surface area contributed by atoms with Gasteiger partial charge in [0.15, 0.2) is 5.96 Å². The van der Waals surface area contributed by atoms with Crippen LogP contribution in [0.3, 0.4) is 0 Å². The molecular formula is C20H40N4O2. The minimum Gasteiger partial charge on any atom is -0.379 e. The van der Waals surface area contributed by atoms with Crippen LogP contribution in [0.15, 0.2) is 4.99 Å². The molecule has 1 unspecified atom stereocenters. The third-order valence-electron chi connectivity index (χ3n) is 5.77. The minimum atomic E-state index is 0.533. The van der Waals surface area contributed by atoms with Crippen LogP contribution in [0.4, 0.5) is 0 Å². The largest absolute Gasteiger partial charge is 0.379 e. The van der Waals surface area contributed by atoms with Crippen LogP contribution < -0.4 is 5.32 Å². The molecule has 0 bridgehead atoms. The second kappa shape index (κ2) is 11.8. The Kier molecular flexibility index (Phi) is 9.72. The van der Waals surface area contributed by atoms with Crippen LogP contribution in [0.1, 0.15) is 39.5 Å². The van der Waals surface area contributed by atoms with E-state index in [-0.39, 0.29) is 0 Å². The quantitative estimate of drug-likeness (QED) is 0.344. The van der Waals surface area contributed by atoms with Crippen molar-refractivity contribution in [1.29, 1.82) is 0 Å². The minimum absolute atomic E-state index is 0.533. The summed E-state index contributed by atoms with van der Waals surface area (Å²) in [5.74, 6) is 2.49. The Hall–Kier alpha value is -0.850. The zero-order chi connectivity index (χ0) is 18.8. The van der Waals surface area contributed by atoms with Gasteiger partial charge in [0, 0.05) is 52.9 Å². The molecule has 26 heavy (non-hydrogen) atoms. The predicted molar refractivity (Wildman–Crippen MR) is 108 cm³/mol. The van der Waals surface area contributed by atoms with Gasteiger partial charge in [-0.15, -0.1) is 0 Å². The third-order valence-corrected chi connectivity index (χ3v) is 5.77. The summed E-state index contributed by atoms with van der Waals surface area (Å²) in [6, 6.07) is 0.533. The van der Waals surface area contributed by atoms with Gasteiger partial charge in [0.25, 0.3) is 0 Å². The number of morpholine rings is 1. The summed E-state index contributed by atoms with van der Waals surface area (Å²) in [5, 5.41) is 3.62. The fourth-order valence-corrected chi connectivity index (χ4v) is 3.76. The smallest absolute Gasteiger partial charge is 0.193 e. The Labute approximate surface area is 160 Å². The van der Waals surface area contributed by atoms with Gasteiger partial charge in [-0.05, 0) is 24.7 Å². The van der Waals surface area contributed by atoms with Gasteiger partial charge in [-0.2, -0.15) is 0 Å². The highest BCUT2D eigenvalue weighted by Crippen LogP contribution is 2.28. The molecule has 0 aromatic carbocycles. The van der Waals surface area contributed by atoms with E-state index < -0.39 is 0 Å². The van der Waals surface area contributed by atoms with Gasteiger partial charge < -0.3 is 19.7 Å². The van der Waals surface area contributed by atoms with E-state index in [1.807, 2.05) is 7.05 Å². The first-order valence-electron chi connectivity index (χ1n) is 10.5. The maximum absolute atomic E-state index is 5.77. The molecule has 2 rings (SSSR count). The fraction of sp³-hybridized carbons (Fsp3) is 0.950. The lowest BCUT2D eigenvalue weighted by molar-refractivity contribution is 0.00259. The van der Waals surface area contributed by atoms with Crippen molar-refractivity contribution >= 4 is 5.96 Å². The van der Waals surface area contributed by atoms with Crippen LogP contribution in [0.5, 0.6) is 0 Å². The van der Waals surface area contributed by atoms with Gasteiger partial charge >= 0.3 is 0 Å². The topological polar surface area (TPSA) is 49.3 Å². The summed E-state index contributed by atoms with van der Waals surface area (Å²) in [6.07, 6.45) is 5.11. The molecule has 0 aromatic heterocycles. The van der Waals surface area contributed by atoms with Crippen molar-refractivity contribution in [2.45, 2.75) is 45.6 Å². The molecule has 6 nitrogen and oxygen atoms in total. The zero-order valence-corrected chi connectivity index (χ0v) is 17.4. The molecule has 0 spiro atoms. The second-order valence-electron chi connectivity index (χ2n) is 7.66. The lowest BCUT2D eigenvalue weighted by Crippen LogP contribution is -2.53. The number of likely N-dealkylation sites (N-methyl/N-ethyl adjacent to an activating group) is 1. The second-order valence-corrected chi connectivity index (χ2v) is 7.66. The van der Waals surface area contributed by atoms with Gasteiger partial charge in [-0.1, -0.05) is 26.7 Å². The summed E-state index contributed by atoms with van der Waals surface area (Å²) < 4.78 is 11.3. The van der Waals surface area contributed by atoms with Crippen LogP contribution >= 0.6 is 0 Å². The Balaban J connectivity index is 1.80. The summed E-state index contributed by atoms with van der Waals surface area (Å²) >= 11 is 0. The first-order valence-corrected chi connectivity index (χ1v) is 10.5. The molecule has 1 atom stereocenters. The molecule has 1 saturated carbocycles. The number of rotatable bonds is 11. The first kappa shape index (κ1) is 21.5. The average molecular weight is 369 g/mol. The number of hydrogen-bond donors (Lipinski definition) is 1. The molecule has 0 amide bonds. The lowest BCUT2D eigenvalue weighted by atomic mass is 9.92. The maximum Gasteiger partial charge on any atom is 0.193 e. The van der Waals surface area contributed by atoms with Crippen molar-refractivity contribution in [3.8, 4) is 0 Å². The highest BCUT2D eigenvalue weighted by Gasteiger charge is 2.27. The normalized spacial score (nSPS) is 20.4. The molecule has 1 heterocycles. The Morgan fingerprint density at radius 2 is 1.96 bits per heavy atom. The Bertz CT molecular complexity index is 405. The number of hydrogen-bond acceptors (Lipinski definition) is 4. The molecular weight excluding hydrogens is 328 g/mol. The molecule has 1 aliphatic heterocycles. The highest BCUT2D eigenvalue weighted by molar-refractivity contribution is 5.79. The van der Waals surface area contributed by atoms with E-state index in [1.54, 1.807) is 0 Å². The zero-order valence-electron chi connectivity index (χ0n) is 17.4. The van der Waals surface area contributed by atoms with Gasteiger partial charge in [-0.25, -0.2) is 0 Å². The number of ether oxygens (including phenoxy) is 2. The summed E-state index contributed by atoms with van der Waals surface area (Å²) in [4.78, 5) is 9.25. The van der Waals surface area contributed by atoms with Crippen molar-refractivity contribution in [2.75, 3.05) is 66.7 Å². The van der Waals surface area contributed by atoms with Crippen LogP contribution in [-0.2, 0) is 9.47 Å². The van der Waals surface area contributed by atoms with Crippen LogP contribution in [0.25, 0.3) is 0 Å².